The first kappa shape index (κ1) is 22.9. The van der Waals surface area contributed by atoms with Crippen LogP contribution in [0.4, 0.5) is 17.2 Å². The van der Waals surface area contributed by atoms with Gasteiger partial charge in [-0.2, -0.15) is 0 Å². The van der Waals surface area contributed by atoms with Crippen molar-refractivity contribution < 1.29 is 14.5 Å². The highest BCUT2D eigenvalue weighted by Gasteiger charge is 2.28. The number of piperazine rings is 1. The molecule has 0 N–H and O–H groups in total. The maximum Gasteiger partial charge on any atom is 0.270 e. The number of nitrogens with zero attached hydrogens (tertiary/aromatic N) is 6. The van der Waals surface area contributed by atoms with E-state index in [0.29, 0.717) is 58.0 Å². The predicted octanol–water partition coefficient (Wildman–Crippen LogP) is 2.62. The summed E-state index contributed by atoms with van der Waals surface area (Å²) in [5.74, 6) is 1.75. The number of nitro benzene ring substituents is 1. The Labute approximate surface area is 193 Å². The third-order valence-electron chi connectivity index (χ3n) is 6.04. The van der Waals surface area contributed by atoms with Crippen molar-refractivity contribution in [2.75, 3.05) is 62.3 Å². The fraction of sp³-hybridized carbons (Fsp3) is 0.522. The number of morpholine rings is 1. The summed E-state index contributed by atoms with van der Waals surface area (Å²) in [7, 11) is 0. The van der Waals surface area contributed by atoms with Crippen LogP contribution in [0.3, 0.4) is 0 Å². The molecule has 10 nitrogen and oxygen atoms in total. The van der Waals surface area contributed by atoms with E-state index in [1.807, 2.05) is 13.0 Å². The topological polar surface area (TPSA) is 105 Å². The van der Waals surface area contributed by atoms with Crippen molar-refractivity contribution in [3.8, 4) is 0 Å². The van der Waals surface area contributed by atoms with Gasteiger partial charge in [0, 0.05) is 69.1 Å². The summed E-state index contributed by atoms with van der Waals surface area (Å²) in [6.45, 7) is 10.9. The van der Waals surface area contributed by atoms with E-state index in [4.69, 9.17) is 9.72 Å². The van der Waals surface area contributed by atoms with E-state index in [0.717, 1.165) is 23.0 Å². The lowest BCUT2D eigenvalue weighted by Gasteiger charge is -2.37. The van der Waals surface area contributed by atoms with Gasteiger partial charge in [0.2, 0.25) is 0 Å². The van der Waals surface area contributed by atoms with E-state index in [-0.39, 0.29) is 17.5 Å². The van der Waals surface area contributed by atoms with Gasteiger partial charge in [-0.05, 0) is 13.0 Å². The van der Waals surface area contributed by atoms with Gasteiger partial charge >= 0.3 is 0 Å². The monoisotopic (exact) mass is 454 g/mol. The molecule has 2 aliphatic rings. The van der Waals surface area contributed by atoms with E-state index in [1.54, 1.807) is 11.0 Å². The lowest BCUT2D eigenvalue weighted by Crippen LogP contribution is -2.49. The molecule has 176 valence electrons. The normalized spacial score (nSPS) is 16.9. The molecule has 2 aromatic rings. The van der Waals surface area contributed by atoms with Gasteiger partial charge in [-0.3, -0.25) is 14.9 Å². The van der Waals surface area contributed by atoms with Crippen LogP contribution in [0, 0.1) is 17.0 Å². The first-order chi connectivity index (χ1) is 15.8. The molecular formula is C23H30N6O4. The van der Waals surface area contributed by atoms with Crippen LogP contribution in [0.2, 0.25) is 0 Å². The molecule has 1 amide bonds. The highest BCUT2D eigenvalue weighted by atomic mass is 16.6. The zero-order valence-corrected chi connectivity index (χ0v) is 19.4. The van der Waals surface area contributed by atoms with Crippen LogP contribution in [-0.2, 0) is 4.74 Å². The van der Waals surface area contributed by atoms with Gasteiger partial charge in [0.25, 0.3) is 11.6 Å². The molecule has 3 heterocycles. The fourth-order valence-corrected chi connectivity index (χ4v) is 4.19. The number of non-ortho nitro benzene ring substituents is 1. The summed E-state index contributed by atoms with van der Waals surface area (Å²) in [6.07, 6.45) is 0. The molecule has 0 atom stereocenters. The Morgan fingerprint density at radius 2 is 1.73 bits per heavy atom. The molecule has 0 aliphatic carbocycles. The number of aryl methyl sites for hydroxylation is 1. The fourth-order valence-electron chi connectivity index (χ4n) is 4.19. The van der Waals surface area contributed by atoms with Gasteiger partial charge in [0.1, 0.15) is 11.6 Å². The highest BCUT2D eigenvalue weighted by Crippen LogP contribution is 2.28. The van der Waals surface area contributed by atoms with Crippen molar-refractivity contribution in [1.82, 2.24) is 14.9 Å². The number of rotatable bonds is 5. The molecule has 2 fully saturated rings. The van der Waals surface area contributed by atoms with Crippen molar-refractivity contribution >= 4 is 23.1 Å². The summed E-state index contributed by atoms with van der Waals surface area (Å²) >= 11 is 0. The average Bonchev–Trinajstić information content (AvgIpc) is 2.83. The molecule has 0 unspecified atom stereocenters. The minimum atomic E-state index is -0.457. The molecule has 2 saturated heterocycles. The van der Waals surface area contributed by atoms with Gasteiger partial charge < -0.3 is 19.4 Å². The third-order valence-corrected chi connectivity index (χ3v) is 6.04. The Hall–Kier alpha value is -3.27. The number of hydrogen-bond acceptors (Lipinski definition) is 8. The first-order valence-corrected chi connectivity index (χ1v) is 11.3. The molecule has 10 heteroatoms. The van der Waals surface area contributed by atoms with E-state index in [9.17, 15) is 14.9 Å². The number of benzene rings is 1. The summed E-state index contributed by atoms with van der Waals surface area (Å²) in [5.41, 5.74) is 1.95. The predicted molar refractivity (Wildman–Crippen MR) is 125 cm³/mol. The van der Waals surface area contributed by atoms with Gasteiger partial charge in [0.15, 0.2) is 0 Å². The van der Waals surface area contributed by atoms with Crippen molar-refractivity contribution in [2.24, 2.45) is 0 Å². The molecule has 0 spiro atoms. The average molecular weight is 455 g/mol. The first-order valence-electron chi connectivity index (χ1n) is 11.3. The SMILES string of the molecule is Cc1cc(N2CCN(C(=O)c3cc([N+](=O)[O-])ccc3N3CCOCC3)CC2)nc(C(C)C)n1. The molecule has 1 aromatic heterocycles. The smallest absolute Gasteiger partial charge is 0.270 e. The Bertz CT molecular complexity index is 1030. The quantitative estimate of drug-likeness (QED) is 0.502. The van der Waals surface area contributed by atoms with Gasteiger partial charge in [-0.25, -0.2) is 9.97 Å². The molecular weight excluding hydrogens is 424 g/mol. The molecule has 4 rings (SSSR count). The van der Waals surface area contributed by atoms with Crippen LogP contribution in [0.15, 0.2) is 24.3 Å². The van der Waals surface area contributed by atoms with E-state index in [1.165, 1.54) is 12.1 Å². The summed E-state index contributed by atoms with van der Waals surface area (Å²) in [5, 5.41) is 11.4. The maximum atomic E-state index is 13.5. The van der Waals surface area contributed by atoms with Gasteiger partial charge in [-0.1, -0.05) is 13.8 Å². The standard InChI is InChI=1S/C23H30N6O4/c1-16(2)22-24-17(3)14-21(25-22)27-6-8-28(9-7-27)23(30)19-15-18(29(31)32)4-5-20(19)26-10-12-33-13-11-26/h4-5,14-16H,6-13H2,1-3H3. The van der Waals surface area contributed by atoms with E-state index in [2.05, 4.69) is 28.6 Å². The van der Waals surface area contributed by atoms with Crippen molar-refractivity contribution in [1.29, 1.82) is 0 Å². The Morgan fingerprint density at radius 1 is 1.03 bits per heavy atom. The molecule has 0 bridgehead atoms. The second-order valence-corrected chi connectivity index (χ2v) is 8.72. The van der Waals surface area contributed by atoms with Crippen LogP contribution in [0.5, 0.6) is 0 Å². The van der Waals surface area contributed by atoms with Crippen molar-refractivity contribution in [2.45, 2.75) is 26.7 Å². The van der Waals surface area contributed by atoms with E-state index >= 15 is 0 Å². The van der Waals surface area contributed by atoms with Crippen LogP contribution in [-0.4, -0.2) is 78.2 Å². The summed E-state index contributed by atoms with van der Waals surface area (Å²) < 4.78 is 5.42. The van der Waals surface area contributed by atoms with Crippen LogP contribution in [0.1, 0.15) is 41.6 Å². The largest absolute Gasteiger partial charge is 0.378 e. The Balaban J connectivity index is 1.53. The van der Waals surface area contributed by atoms with Crippen molar-refractivity contribution in [3.05, 3.63) is 51.5 Å². The van der Waals surface area contributed by atoms with Gasteiger partial charge in [-0.15, -0.1) is 0 Å². The van der Waals surface area contributed by atoms with Crippen molar-refractivity contribution in [3.63, 3.8) is 0 Å². The van der Waals surface area contributed by atoms with Crippen LogP contribution in [0.25, 0.3) is 0 Å². The number of nitro groups is 1. The number of amides is 1. The molecule has 1 aromatic carbocycles. The summed E-state index contributed by atoms with van der Waals surface area (Å²) in [6, 6.07) is 6.52. The Kier molecular flexibility index (Phi) is 6.73. The number of aromatic nitrogens is 2. The number of hydrogen-bond donors (Lipinski definition) is 0. The number of anilines is 2. The lowest BCUT2D eigenvalue weighted by atomic mass is 10.1. The third kappa shape index (κ3) is 5.05. The van der Waals surface area contributed by atoms with E-state index < -0.39 is 4.92 Å². The maximum absolute atomic E-state index is 13.5. The van der Waals surface area contributed by atoms with Gasteiger partial charge in [0.05, 0.1) is 29.4 Å². The van der Waals surface area contributed by atoms with Crippen LogP contribution >= 0.6 is 0 Å². The minimum Gasteiger partial charge on any atom is -0.378 e. The zero-order chi connectivity index (χ0) is 23.5. The minimum absolute atomic E-state index is 0.0772. The lowest BCUT2D eigenvalue weighted by molar-refractivity contribution is -0.384. The number of carbonyl (C=O) groups excluding carboxylic acids is 1. The number of ether oxygens (including phenoxy) is 1. The second-order valence-electron chi connectivity index (χ2n) is 8.72. The molecule has 33 heavy (non-hydrogen) atoms. The molecule has 0 saturated carbocycles. The number of carbonyl (C=O) groups is 1. The molecule has 2 aliphatic heterocycles. The highest BCUT2D eigenvalue weighted by molar-refractivity contribution is 6.00. The second kappa shape index (κ2) is 9.70. The molecule has 0 radical (unpaired) electrons. The zero-order valence-electron chi connectivity index (χ0n) is 19.4. The van der Waals surface area contributed by atoms with Crippen LogP contribution < -0.4 is 9.80 Å². The Morgan fingerprint density at radius 3 is 2.36 bits per heavy atom. The summed E-state index contributed by atoms with van der Waals surface area (Å²) in [4.78, 5) is 39.6.